The van der Waals surface area contributed by atoms with Crippen LogP contribution < -0.4 is 0 Å². The van der Waals surface area contributed by atoms with Gasteiger partial charge < -0.3 is 39.7 Å². The second-order valence-corrected chi connectivity index (χ2v) is 18.2. The van der Waals surface area contributed by atoms with E-state index in [0.717, 1.165) is 25.7 Å². The van der Waals surface area contributed by atoms with Gasteiger partial charge in [0.2, 0.25) is 0 Å². The Labute approximate surface area is 290 Å². The Balaban J connectivity index is 1.49. The molecule has 5 rings (SSSR count). The van der Waals surface area contributed by atoms with Crippen molar-refractivity contribution in [2.75, 3.05) is 0 Å². The van der Waals surface area contributed by atoms with E-state index in [9.17, 15) is 39.9 Å². The largest absolute Gasteiger partial charge is 0.481 e. The van der Waals surface area contributed by atoms with Gasteiger partial charge in [0.1, 0.15) is 12.2 Å². The van der Waals surface area contributed by atoms with Crippen LogP contribution in [-0.4, -0.2) is 85.3 Å². The van der Waals surface area contributed by atoms with Crippen LogP contribution in [0.25, 0.3) is 0 Å². The number of aliphatic carboxylic acids is 1. The topological polar surface area (TPSA) is 180 Å². The minimum Gasteiger partial charge on any atom is -0.481 e. The van der Waals surface area contributed by atoms with Crippen LogP contribution in [0.5, 0.6) is 0 Å². The molecule has 5 N–H and O–H groups in total. The van der Waals surface area contributed by atoms with Gasteiger partial charge in [-0.3, -0.25) is 14.4 Å². The molecule has 49 heavy (non-hydrogen) atoms. The first-order valence-corrected chi connectivity index (χ1v) is 18.2. The summed E-state index contributed by atoms with van der Waals surface area (Å²) >= 11 is 0. The van der Waals surface area contributed by atoms with Crippen LogP contribution in [-0.2, 0) is 28.6 Å². The minimum absolute atomic E-state index is 0.00766. The van der Waals surface area contributed by atoms with Gasteiger partial charge in [0.05, 0.1) is 36.3 Å². The van der Waals surface area contributed by atoms with E-state index < -0.39 is 88.9 Å². The van der Waals surface area contributed by atoms with E-state index in [0.29, 0.717) is 25.7 Å². The third-order valence-electron chi connectivity index (χ3n) is 14.1. The first-order chi connectivity index (χ1) is 22.4. The zero-order valence-electron chi connectivity index (χ0n) is 30.9. The summed E-state index contributed by atoms with van der Waals surface area (Å²) in [6.45, 7) is 16.7. The fraction of sp³-hybridized carbons (Fsp3) is 0.868. The van der Waals surface area contributed by atoms with E-state index >= 15 is 0 Å². The van der Waals surface area contributed by atoms with Gasteiger partial charge in [0, 0.05) is 23.7 Å². The number of ether oxygens (including phenoxy) is 3. The van der Waals surface area contributed by atoms with Gasteiger partial charge in [-0.25, -0.2) is 0 Å². The monoisotopic (exact) mass is 692 g/mol. The molecule has 0 aromatic heterocycles. The zero-order chi connectivity index (χ0) is 36.7. The van der Waals surface area contributed by atoms with Crippen molar-refractivity contribution in [3.63, 3.8) is 0 Å². The lowest BCUT2D eigenvalue weighted by Gasteiger charge is -2.64. The van der Waals surface area contributed by atoms with Gasteiger partial charge in [-0.05, 0) is 94.8 Å². The van der Waals surface area contributed by atoms with E-state index in [1.807, 2.05) is 13.8 Å². The number of allylic oxidation sites excluding steroid dienone is 1. The summed E-state index contributed by atoms with van der Waals surface area (Å²) in [6, 6.07) is 0. The number of carbonyl (C=O) groups is 3. The number of rotatable bonds is 8. The minimum atomic E-state index is -1.81. The predicted molar refractivity (Wildman–Crippen MR) is 179 cm³/mol. The number of carboxylic acids is 1. The maximum Gasteiger partial charge on any atom is 0.309 e. The fourth-order valence-electron chi connectivity index (χ4n) is 11.7. The predicted octanol–water partition coefficient (Wildman–Crippen LogP) is 4.66. The standard InChI is InChI=1S/C38H60O11/c1-20(39)47-31-25(48-30(43)19-35(6,46)18-29(41)42)17-36(7)24-16-27(40)38(9)22(21-10-13-28(34(4,5)45)49-32(21)44)14-15-37(38,8)23(24)11-12-26(36)33(31,2)3/h21-22,25-28,31-32,40,44-46H,10-19H2,1-9H3,(H,41,42)/t21?,22?,25?,26?,27?,28?,31?,32?,35?,36-,37+,38+/m1/s1. The molecule has 11 heteroatoms. The maximum atomic E-state index is 13.3. The molecule has 1 heterocycles. The highest BCUT2D eigenvalue weighted by atomic mass is 16.6. The second kappa shape index (κ2) is 12.6. The summed E-state index contributed by atoms with van der Waals surface area (Å²) in [5.41, 5.74) is -2.40. The molecule has 1 aliphatic heterocycles. The number of aliphatic hydroxyl groups excluding tert-OH is 2. The average Bonchev–Trinajstić information content (AvgIpc) is 3.22. The SMILES string of the molecule is CC(=O)OC1C(OC(=O)CC(C)(O)CC(=O)O)C[C@]2(C)C3=C(CCC2C1(C)C)[C@]1(C)CCC(C2CCC(C(C)(C)O)OC2O)[C@@]1(C)C(O)C3. The Morgan fingerprint density at radius 3 is 2.14 bits per heavy atom. The van der Waals surface area contributed by atoms with Crippen LogP contribution in [0.1, 0.15) is 127 Å². The van der Waals surface area contributed by atoms with Crippen molar-refractivity contribution < 1.29 is 54.1 Å². The van der Waals surface area contributed by atoms with Crippen LogP contribution in [0, 0.1) is 39.4 Å². The Morgan fingerprint density at radius 1 is 0.918 bits per heavy atom. The van der Waals surface area contributed by atoms with Gasteiger partial charge in [0.25, 0.3) is 0 Å². The van der Waals surface area contributed by atoms with E-state index in [-0.39, 0.29) is 23.2 Å². The van der Waals surface area contributed by atoms with Crippen LogP contribution >= 0.6 is 0 Å². The first kappa shape index (κ1) is 38.2. The summed E-state index contributed by atoms with van der Waals surface area (Å²) in [5.74, 6) is -2.62. The number of carbonyl (C=O) groups excluding carboxylic acids is 2. The average molecular weight is 693 g/mol. The van der Waals surface area contributed by atoms with Gasteiger partial charge >= 0.3 is 17.9 Å². The highest BCUT2D eigenvalue weighted by Crippen LogP contribution is 2.73. The van der Waals surface area contributed by atoms with Crippen molar-refractivity contribution in [1.29, 1.82) is 0 Å². The van der Waals surface area contributed by atoms with E-state index in [4.69, 9.17) is 14.2 Å². The fourth-order valence-corrected chi connectivity index (χ4v) is 11.7. The molecular weight excluding hydrogens is 632 g/mol. The smallest absolute Gasteiger partial charge is 0.309 e. The summed E-state index contributed by atoms with van der Waals surface area (Å²) in [5, 5.41) is 54.0. The molecule has 0 aromatic rings. The zero-order valence-corrected chi connectivity index (χ0v) is 30.9. The van der Waals surface area contributed by atoms with Gasteiger partial charge in [-0.15, -0.1) is 0 Å². The molecule has 0 amide bonds. The molecule has 2 saturated carbocycles. The molecule has 1 saturated heterocycles. The summed E-state index contributed by atoms with van der Waals surface area (Å²) in [7, 11) is 0. The van der Waals surface area contributed by atoms with Crippen molar-refractivity contribution in [2.45, 2.75) is 168 Å². The highest BCUT2D eigenvalue weighted by molar-refractivity contribution is 5.74. The van der Waals surface area contributed by atoms with E-state index in [1.54, 1.807) is 13.8 Å². The Hall–Kier alpha value is -2.05. The number of aliphatic hydroxyl groups is 4. The lowest BCUT2D eigenvalue weighted by atomic mass is 9.42. The third-order valence-corrected chi connectivity index (χ3v) is 14.1. The third kappa shape index (κ3) is 6.38. The van der Waals surface area contributed by atoms with Crippen LogP contribution in [0.2, 0.25) is 0 Å². The molecule has 5 aliphatic rings. The molecule has 0 radical (unpaired) electrons. The lowest BCUT2D eigenvalue weighted by Crippen LogP contribution is -2.63. The van der Waals surface area contributed by atoms with Crippen LogP contribution in [0.4, 0.5) is 0 Å². The van der Waals surface area contributed by atoms with Crippen molar-refractivity contribution in [1.82, 2.24) is 0 Å². The molecule has 0 spiro atoms. The van der Waals surface area contributed by atoms with E-state index in [2.05, 4.69) is 20.8 Å². The summed E-state index contributed by atoms with van der Waals surface area (Å²) in [6.07, 6.45) is 0.462. The lowest BCUT2D eigenvalue weighted by molar-refractivity contribution is -0.251. The molecule has 9 unspecified atom stereocenters. The van der Waals surface area contributed by atoms with Gasteiger partial charge in [-0.1, -0.05) is 45.8 Å². The number of fused-ring (bicyclic) bond motifs is 4. The second-order valence-electron chi connectivity index (χ2n) is 18.2. The van der Waals surface area contributed by atoms with Crippen molar-refractivity contribution >= 4 is 17.9 Å². The molecular formula is C38H60O11. The highest BCUT2D eigenvalue weighted by Gasteiger charge is 2.68. The van der Waals surface area contributed by atoms with Crippen molar-refractivity contribution in [2.24, 2.45) is 39.4 Å². The van der Waals surface area contributed by atoms with Gasteiger partial charge in [0.15, 0.2) is 6.29 Å². The number of hydrogen-bond acceptors (Lipinski definition) is 10. The Bertz CT molecular complexity index is 1360. The summed E-state index contributed by atoms with van der Waals surface area (Å²) in [4.78, 5) is 36.9. The van der Waals surface area contributed by atoms with Crippen molar-refractivity contribution in [3.05, 3.63) is 11.1 Å². The summed E-state index contributed by atoms with van der Waals surface area (Å²) < 4.78 is 17.9. The maximum absolute atomic E-state index is 13.3. The quantitative estimate of drug-likeness (QED) is 0.176. The van der Waals surface area contributed by atoms with Crippen molar-refractivity contribution in [3.8, 4) is 0 Å². The Kier molecular flexibility index (Phi) is 9.79. The molecule has 278 valence electrons. The Morgan fingerprint density at radius 2 is 1.57 bits per heavy atom. The van der Waals surface area contributed by atoms with E-state index in [1.165, 1.54) is 25.0 Å². The molecule has 0 bridgehead atoms. The van der Waals surface area contributed by atoms with Crippen LogP contribution in [0.15, 0.2) is 11.1 Å². The molecule has 0 aromatic carbocycles. The number of hydrogen-bond donors (Lipinski definition) is 5. The molecule has 11 nitrogen and oxygen atoms in total. The normalized spacial score (nSPS) is 43.0. The van der Waals surface area contributed by atoms with Crippen LogP contribution in [0.3, 0.4) is 0 Å². The molecule has 3 fully saturated rings. The van der Waals surface area contributed by atoms with Gasteiger partial charge in [-0.2, -0.15) is 0 Å². The number of carboxylic acid groups (broad SMARTS) is 1. The first-order valence-electron chi connectivity index (χ1n) is 18.2. The number of esters is 2. The molecule has 12 atom stereocenters. The molecule has 4 aliphatic carbocycles.